The Morgan fingerprint density at radius 1 is 1.19 bits per heavy atom. The van der Waals surface area contributed by atoms with Gasteiger partial charge in [0.25, 0.3) is 5.56 Å². The predicted octanol–water partition coefficient (Wildman–Crippen LogP) is 1.07. The summed E-state index contributed by atoms with van der Waals surface area (Å²) in [6.07, 6.45) is 2.88. The van der Waals surface area contributed by atoms with E-state index in [0.717, 1.165) is 11.8 Å². The zero-order valence-electron chi connectivity index (χ0n) is 11.5. The molecule has 2 heterocycles. The Morgan fingerprint density at radius 3 is 2.57 bits per heavy atom. The fourth-order valence-electron chi connectivity index (χ4n) is 2.51. The van der Waals surface area contributed by atoms with E-state index < -0.39 is 11.2 Å². The van der Waals surface area contributed by atoms with Gasteiger partial charge in [0.05, 0.1) is 5.52 Å². The van der Waals surface area contributed by atoms with E-state index in [1.54, 1.807) is 17.8 Å². The molecule has 0 atom stereocenters. The standard InChI is InChI=1S/C15H14N4O2/c1-18-12-11(7-16)9-19(8-10-5-3-2-4-6-10)13(12)14(20)17-15(18)21/h2-7,9,16H,8H2,1H3,(H,17,20,21). The van der Waals surface area contributed by atoms with Crippen molar-refractivity contribution in [2.24, 2.45) is 7.05 Å². The lowest BCUT2D eigenvalue weighted by Gasteiger charge is -2.05. The molecule has 2 N–H and O–H groups in total. The van der Waals surface area contributed by atoms with Gasteiger partial charge >= 0.3 is 5.69 Å². The third-order valence-electron chi connectivity index (χ3n) is 3.51. The Labute approximate surface area is 119 Å². The van der Waals surface area contributed by atoms with Crippen LogP contribution >= 0.6 is 0 Å². The van der Waals surface area contributed by atoms with Gasteiger partial charge in [0.15, 0.2) is 0 Å². The molecule has 0 aliphatic rings. The fourth-order valence-corrected chi connectivity index (χ4v) is 2.51. The second-order valence-corrected chi connectivity index (χ2v) is 4.86. The van der Waals surface area contributed by atoms with Gasteiger partial charge in [0, 0.05) is 31.6 Å². The molecule has 0 saturated carbocycles. The lowest BCUT2D eigenvalue weighted by Crippen LogP contribution is -2.29. The number of aryl methyl sites for hydroxylation is 1. The van der Waals surface area contributed by atoms with Crippen LogP contribution in [0.5, 0.6) is 0 Å². The lowest BCUT2D eigenvalue weighted by atomic mass is 10.2. The molecule has 6 nitrogen and oxygen atoms in total. The molecule has 0 spiro atoms. The number of aromatic nitrogens is 3. The second-order valence-electron chi connectivity index (χ2n) is 4.86. The monoisotopic (exact) mass is 282 g/mol. The van der Waals surface area contributed by atoms with Gasteiger partial charge in [-0.15, -0.1) is 0 Å². The molecular formula is C15H14N4O2. The van der Waals surface area contributed by atoms with Crippen molar-refractivity contribution in [3.63, 3.8) is 0 Å². The minimum atomic E-state index is -0.479. The van der Waals surface area contributed by atoms with Crippen LogP contribution in [-0.4, -0.2) is 20.3 Å². The maximum atomic E-state index is 12.1. The SMILES string of the molecule is Cn1c(=O)[nH]c(=O)c2c1c(C=N)cn2Cc1ccccc1. The Morgan fingerprint density at radius 2 is 1.90 bits per heavy atom. The number of hydrogen-bond donors (Lipinski definition) is 2. The summed E-state index contributed by atoms with van der Waals surface area (Å²) in [5.74, 6) is 0. The molecule has 106 valence electrons. The number of hydrogen-bond acceptors (Lipinski definition) is 3. The van der Waals surface area contributed by atoms with E-state index in [0.29, 0.717) is 23.1 Å². The highest BCUT2D eigenvalue weighted by atomic mass is 16.2. The van der Waals surface area contributed by atoms with Crippen molar-refractivity contribution in [3.8, 4) is 0 Å². The molecule has 3 aromatic rings. The number of H-pyrrole nitrogens is 1. The van der Waals surface area contributed by atoms with E-state index in [-0.39, 0.29) is 0 Å². The quantitative estimate of drug-likeness (QED) is 0.704. The van der Waals surface area contributed by atoms with E-state index in [2.05, 4.69) is 4.98 Å². The topological polar surface area (TPSA) is 83.6 Å². The summed E-state index contributed by atoms with van der Waals surface area (Å²) in [6, 6.07) is 9.71. The van der Waals surface area contributed by atoms with Crippen molar-refractivity contribution in [3.05, 3.63) is 68.5 Å². The van der Waals surface area contributed by atoms with E-state index in [1.165, 1.54) is 4.57 Å². The average Bonchev–Trinajstić information content (AvgIpc) is 2.85. The van der Waals surface area contributed by atoms with Crippen molar-refractivity contribution in [1.29, 1.82) is 5.41 Å². The maximum absolute atomic E-state index is 12.1. The van der Waals surface area contributed by atoms with E-state index in [9.17, 15) is 9.59 Å². The summed E-state index contributed by atoms with van der Waals surface area (Å²) in [7, 11) is 1.58. The highest BCUT2D eigenvalue weighted by molar-refractivity contribution is 5.95. The zero-order chi connectivity index (χ0) is 15.0. The number of fused-ring (bicyclic) bond motifs is 1. The molecule has 0 aliphatic heterocycles. The van der Waals surface area contributed by atoms with Gasteiger partial charge in [-0.1, -0.05) is 30.3 Å². The summed E-state index contributed by atoms with van der Waals surface area (Å²) in [4.78, 5) is 26.1. The Hall–Kier alpha value is -2.89. The number of rotatable bonds is 3. The Bertz CT molecular complexity index is 932. The Balaban J connectivity index is 2.30. The zero-order valence-corrected chi connectivity index (χ0v) is 11.5. The molecule has 0 aliphatic carbocycles. The van der Waals surface area contributed by atoms with Crippen LogP contribution in [0.25, 0.3) is 11.0 Å². The molecule has 21 heavy (non-hydrogen) atoms. The van der Waals surface area contributed by atoms with Crippen LogP contribution in [0.1, 0.15) is 11.1 Å². The normalized spacial score (nSPS) is 10.9. The second kappa shape index (κ2) is 4.90. The van der Waals surface area contributed by atoms with Gasteiger partial charge in [0.1, 0.15) is 5.52 Å². The molecule has 1 aromatic carbocycles. The third kappa shape index (κ3) is 2.10. The molecule has 2 aromatic heterocycles. The van der Waals surface area contributed by atoms with Crippen molar-refractivity contribution < 1.29 is 0 Å². The number of aromatic amines is 1. The minimum absolute atomic E-state index is 0.402. The molecule has 0 saturated heterocycles. The minimum Gasteiger partial charge on any atom is -0.337 e. The third-order valence-corrected chi connectivity index (χ3v) is 3.51. The summed E-state index contributed by atoms with van der Waals surface area (Å²) < 4.78 is 3.13. The average molecular weight is 282 g/mol. The van der Waals surface area contributed by atoms with Gasteiger partial charge < -0.3 is 9.98 Å². The van der Waals surface area contributed by atoms with Crippen LogP contribution in [0.3, 0.4) is 0 Å². The number of benzene rings is 1. The smallest absolute Gasteiger partial charge is 0.328 e. The summed E-state index contributed by atoms with van der Waals surface area (Å²) >= 11 is 0. The highest BCUT2D eigenvalue weighted by Gasteiger charge is 2.14. The van der Waals surface area contributed by atoms with Crippen LogP contribution in [-0.2, 0) is 13.6 Å². The van der Waals surface area contributed by atoms with Gasteiger partial charge in [-0.2, -0.15) is 0 Å². The van der Waals surface area contributed by atoms with Crippen molar-refractivity contribution in [2.45, 2.75) is 6.54 Å². The Kier molecular flexibility index (Phi) is 3.06. The van der Waals surface area contributed by atoms with E-state index in [1.807, 2.05) is 30.3 Å². The molecule has 6 heteroatoms. The molecular weight excluding hydrogens is 268 g/mol. The summed E-state index contributed by atoms with van der Waals surface area (Å²) in [5, 5.41) is 7.49. The highest BCUT2D eigenvalue weighted by Crippen LogP contribution is 2.16. The first-order valence-electron chi connectivity index (χ1n) is 6.48. The van der Waals surface area contributed by atoms with Crippen molar-refractivity contribution >= 4 is 17.2 Å². The number of nitrogens with one attached hydrogen (secondary N) is 2. The van der Waals surface area contributed by atoms with E-state index in [4.69, 9.17) is 5.41 Å². The van der Waals surface area contributed by atoms with Crippen molar-refractivity contribution in [2.75, 3.05) is 0 Å². The van der Waals surface area contributed by atoms with Crippen LogP contribution < -0.4 is 11.2 Å². The molecule has 0 fully saturated rings. The van der Waals surface area contributed by atoms with Crippen LogP contribution in [0.4, 0.5) is 0 Å². The van der Waals surface area contributed by atoms with Crippen LogP contribution in [0, 0.1) is 5.41 Å². The maximum Gasteiger partial charge on any atom is 0.328 e. The van der Waals surface area contributed by atoms with Gasteiger partial charge in [0.2, 0.25) is 0 Å². The van der Waals surface area contributed by atoms with Crippen molar-refractivity contribution in [1.82, 2.24) is 14.1 Å². The van der Waals surface area contributed by atoms with E-state index >= 15 is 0 Å². The number of nitrogens with zero attached hydrogens (tertiary/aromatic N) is 2. The molecule has 0 amide bonds. The summed E-state index contributed by atoms with van der Waals surface area (Å²) in [5.41, 5.74) is 1.56. The lowest BCUT2D eigenvalue weighted by molar-refractivity contribution is 0.807. The molecule has 0 bridgehead atoms. The van der Waals surface area contributed by atoms with Gasteiger partial charge in [-0.3, -0.25) is 14.3 Å². The van der Waals surface area contributed by atoms with Crippen LogP contribution in [0.2, 0.25) is 0 Å². The molecule has 3 rings (SSSR count). The molecule has 0 radical (unpaired) electrons. The van der Waals surface area contributed by atoms with Gasteiger partial charge in [-0.05, 0) is 5.56 Å². The van der Waals surface area contributed by atoms with Gasteiger partial charge in [-0.25, -0.2) is 4.79 Å². The summed E-state index contributed by atoms with van der Waals surface area (Å²) in [6.45, 7) is 0.506. The fraction of sp³-hybridized carbons (Fsp3) is 0.133. The molecule has 0 unspecified atom stereocenters. The first kappa shape index (κ1) is 13.1. The first-order valence-corrected chi connectivity index (χ1v) is 6.48. The van der Waals surface area contributed by atoms with Crippen LogP contribution in [0.15, 0.2) is 46.1 Å². The predicted molar refractivity (Wildman–Crippen MR) is 81.2 cm³/mol. The largest absolute Gasteiger partial charge is 0.337 e. The first-order chi connectivity index (χ1) is 10.1.